The van der Waals surface area contributed by atoms with E-state index in [1.165, 1.54) is 6.07 Å². The van der Waals surface area contributed by atoms with Gasteiger partial charge in [0.05, 0.1) is 6.07 Å². The second-order valence-corrected chi connectivity index (χ2v) is 2.43. The highest BCUT2D eigenvalue weighted by atomic mass is 19.4. The molecule has 0 aromatic rings. The first-order chi connectivity index (χ1) is 5.52. The lowest BCUT2D eigenvalue weighted by atomic mass is 10.1. The van der Waals surface area contributed by atoms with Crippen LogP contribution >= 0.6 is 0 Å². The van der Waals surface area contributed by atoms with E-state index in [1.807, 2.05) is 6.92 Å². The first-order valence-corrected chi connectivity index (χ1v) is 3.69. The number of nitrogens with zero attached hydrogens (tertiary/aromatic N) is 1. The van der Waals surface area contributed by atoms with Gasteiger partial charge in [-0.15, -0.1) is 0 Å². The normalized spacial score (nSPS) is 13.9. The Morgan fingerprint density at radius 1 is 1.50 bits per heavy atom. The minimum absolute atomic E-state index is 0.312. The predicted octanol–water partition coefficient (Wildman–Crippen LogP) is 1.69. The van der Waals surface area contributed by atoms with E-state index in [9.17, 15) is 13.2 Å². The highest BCUT2D eigenvalue weighted by Gasteiger charge is 2.39. The summed E-state index contributed by atoms with van der Waals surface area (Å²) < 4.78 is 35.7. The average Bonchev–Trinajstić information content (AvgIpc) is 1.95. The largest absolute Gasteiger partial charge is 0.405 e. The van der Waals surface area contributed by atoms with E-state index >= 15 is 0 Å². The van der Waals surface area contributed by atoms with Crippen LogP contribution in [-0.4, -0.2) is 19.3 Å². The summed E-state index contributed by atoms with van der Waals surface area (Å²) in [4.78, 5) is 0. The molecule has 0 bridgehead atoms. The van der Waals surface area contributed by atoms with Gasteiger partial charge in [0.1, 0.15) is 0 Å². The molecule has 0 rings (SSSR count). The van der Waals surface area contributed by atoms with Crippen LogP contribution in [0.3, 0.4) is 0 Å². The SMILES string of the molecule is CCCNCC(C#N)C(F)(F)F. The quantitative estimate of drug-likeness (QED) is 0.668. The van der Waals surface area contributed by atoms with Gasteiger partial charge in [-0.2, -0.15) is 18.4 Å². The van der Waals surface area contributed by atoms with E-state index in [-0.39, 0.29) is 6.54 Å². The topological polar surface area (TPSA) is 35.8 Å². The number of hydrogen-bond donors (Lipinski definition) is 1. The van der Waals surface area contributed by atoms with Crippen LogP contribution in [0, 0.1) is 17.2 Å². The molecule has 0 aromatic heterocycles. The van der Waals surface area contributed by atoms with E-state index in [1.54, 1.807) is 0 Å². The molecule has 1 N–H and O–H groups in total. The van der Waals surface area contributed by atoms with Crippen molar-refractivity contribution in [3.63, 3.8) is 0 Å². The van der Waals surface area contributed by atoms with Crippen LogP contribution < -0.4 is 5.32 Å². The van der Waals surface area contributed by atoms with Gasteiger partial charge in [0.2, 0.25) is 0 Å². The van der Waals surface area contributed by atoms with Crippen LogP contribution in [0.15, 0.2) is 0 Å². The van der Waals surface area contributed by atoms with Crippen molar-refractivity contribution < 1.29 is 13.2 Å². The Hall–Kier alpha value is -0.760. The third-order valence-corrected chi connectivity index (χ3v) is 1.33. The second kappa shape index (κ2) is 4.99. The summed E-state index contributed by atoms with van der Waals surface area (Å²) in [6, 6.07) is 1.21. The smallest absolute Gasteiger partial charge is 0.315 e. The summed E-state index contributed by atoms with van der Waals surface area (Å²) in [5.74, 6) is -1.89. The van der Waals surface area contributed by atoms with Gasteiger partial charge in [-0.05, 0) is 13.0 Å². The van der Waals surface area contributed by atoms with Gasteiger partial charge in [-0.1, -0.05) is 6.92 Å². The van der Waals surface area contributed by atoms with Gasteiger partial charge in [0.15, 0.2) is 5.92 Å². The van der Waals surface area contributed by atoms with Crippen molar-refractivity contribution in [2.45, 2.75) is 19.5 Å². The minimum atomic E-state index is -4.41. The Morgan fingerprint density at radius 3 is 2.42 bits per heavy atom. The zero-order valence-electron chi connectivity index (χ0n) is 6.78. The van der Waals surface area contributed by atoms with Crippen molar-refractivity contribution in [2.75, 3.05) is 13.1 Å². The van der Waals surface area contributed by atoms with Crippen LogP contribution in [0.25, 0.3) is 0 Å². The zero-order chi connectivity index (χ0) is 9.61. The van der Waals surface area contributed by atoms with E-state index in [4.69, 9.17) is 5.26 Å². The second-order valence-electron chi connectivity index (χ2n) is 2.43. The van der Waals surface area contributed by atoms with Crippen molar-refractivity contribution in [1.29, 1.82) is 5.26 Å². The fourth-order valence-corrected chi connectivity index (χ4v) is 0.658. The maximum atomic E-state index is 11.9. The highest BCUT2D eigenvalue weighted by molar-refractivity contribution is 4.89. The lowest BCUT2D eigenvalue weighted by Crippen LogP contribution is -2.32. The summed E-state index contributed by atoms with van der Waals surface area (Å²) in [6.45, 7) is 2.05. The molecular weight excluding hydrogens is 169 g/mol. The van der Waals surface area contributed by atoms with Gasteiger partial charge in [0, 0.05) is 6.54 Å². The molecule has 12 heavy (non-hydrogen) atoms. The van der Waals surface area contributed by atoms with Gasteiger partial charge < -0.3 is 5.32 Å². The number of rotatable bonds is 4. The third-order valence-electron chi connectivity index (χ3n) is 1.33. The van der Waals surface area contributed by atoms with E-state index in [0.717, 1.165) is 6.42 Å². The van der Waals surface area contributed by atoms with E-state index in [0.29, 0.717) is 6.54 Å². The Morgan fingerprint density at radius 2 is 2.08 bits per heavy atom. The third kappa shape index (κ3) is 4.19. The lowest BCUT2D eigenvalue weighted by Gasteiger charge is -2.13. The number of nitrogens with one attached hydrogen (secondary N) is 1. The van der Waals surface area contributed by atoms with Crippen molar-refractivity contribution >= 4 is 0 Å². The highest BCUT2D eigenvalue weighted by Crippen LogP contribution is 2.24. The maximum absolute atomic E-state index is 11.9. The van der Waals surface area contributed by atoms with Gasteiger partial charge >= 0.3 is 6.18 Å². The van der Waals surface area contributed by atoms with E-state index in [2.05, 4.69) is 5.32 Å². The van der Waals surface area contributed by atoms with Crippen LogP contribution in [0.5, 0.6) is 0 Å². The summed E-state index contributed by atoms with van der Waals surface area (Å²) >= 11 is 0. The number of halogens is 3. The van der Waals surface area contributed by atoms with Crippen LogP contribution in [-0.2, 0) is 0 Å². The molecule has 5 heteroatoms. The molecule has 0 aromatic carbocycles. The predicted molar refractivity (Wildman–Crippen MR) is 38.3 cm³/mol. The number of hydrogen-bond acceptors (Lipinski definition) is 2. The lowest BCUT2D eigenvalue weighted by molar-refractivity contribution is -0.157. The Balaban J connectivity index is 3.79. The minimum Gasteiger partial charge on any atom is -0.315 e. The average molecular weight is 180 g/mol. The summed E-state index contributed by atoms with van der Waals surface area (Å²) in [5.41, 5.74) is 0. The summed E-state index contributed by atoms with van der Waals surface area (Å²) in [5, 5.41) is 10.7. The molecule has 1 atom stereocenters. The van der Waals surface area contributed by atoms with Gasteiger partial charge in [-0.3, -0.25) is 0 Å². The molecule has 1 unspecified atom stereocenters. The van der Waals surface area contributed by atoms with Crippen molar-refractivity contribution in [3.8, 4) is 6.07 Å². The Labute approximate surface area is 69.4 Å². The van der Waals surface area contributed by atoms with Crippen molar-refractivity contribution in [1.82, 2.24) is 5.32 Å². The standard InChI is InChI=1S/C7H11F3N2/c1-2-3-12-5-6(4-11)7(8,9)10/h6,12H,2-3,5H2,1H3. The number of alkyl halides is 3. The molecule has 0 fully saturated rings. The molecular formula is C7H11F3N2. The first-order valence-electron chi connectivity index (χ1n) is 3.69. The molecule has 0 heterocycles. The first kappa shape index (κ1) is 11.2. The molecule has 0 saturated carbocycles. The fraction of sp³-hybridized carbons (Fsp3) is 0.857. The molecule has 0 radical (unpaired) electrons. The molecule has 70 valence electrons. The van der Waals surface area contributed by atoms with Crippen LogP contribution in [0.4, 0.5) is 13.2 Å². The summed E-state index contributed by atoms with van der Waals surface area (Å²) in [6.07, 6.45) is -3.65. The van der Waals surface area contributed by atoms with Gasteiger partial charge in [0.25, 0.3) is 0 Å². The van der Waals surface area contributed by atoms with Crippen LogP contribution in [0.1, 0.15) is 13.3 Å². The van der Waals surface area contributed by atoms with Crippen LogP contribution in [0.2, 0.25) is 0 Å². The zero-order valence-corrected chi connectivity index (χ0v) is 6.78. The maximum Gasteiger partial charge on any atom is 0.405 e. The molecule has 2 nitrogen and oxygen atoms in total. The Bertz CT molecular complexity index is 159. The molecule has 0 spiro atoms. The molecule has 0 saturated heterocycles. The van der Waals surface area contributed by atoms with Gasteiger partial charge in [-0.25, -0.2) is 0 Å². The number of nitriles is 1. The van der Waals surface area contributed by atoms with E-state index < -0.39 is 12.1 Å². The summed E-state index contributed by atoms with van der Waals surface area (Å²) in [7, 11) is 0. The van der Waals surface area contributed by atoms with Crippen molar-refractivity contribution in [3.05, 3.63) is 0 Å². The monoisotopic (exact) mass is 180 g/mol. The molecule has 0 aliphatic heterocycles. The molecule has 0 aliphatic rings. The Kier molecular flexibility index (Phi) is 4.67. The fourth-order valence-electron chi connectivity index (χ4n) is 0.658. The molecule has 0 amide bonds. The molecule has 0 aliphatic carbocycles. The van der Waals surface area contributed by atoms with Crippen molar-refractivity contribution in [2.24, 2.45) is 5.92 Å².